The number of thioether (sulfide) groups is 1. The van der Waals surface area contributed by atoms with E-state index in [9.17, 15) is 31.6 Å². The molecule has 2 atom stereocenters. The summed E-state index contributed by atoms with van der Waals surface area (Å²) in [6, 6.07) is 50.8. The average Bonchev–Trinajstić information content (AvgIpc) is 3.31. The predicted molar refractivity (Wildman–Crippen MR) is 264 cm³/mol. The van der Waals surface area contributed by atoms with Gasteiger partial charge in [-0.15, -0.1) is 11.8 Å². The lowest BCUT2D eigenvalue weighted by atomic mass is 9.96. The SMILES string of the molecule is Cc1cc(CC(=O)[C@H](Cc2ccccc2)NC(=O)c2ccc(F)cc2)ccc1SCc1ccccc1.Cc1cc(CC[C@H](Cc2ccccc2)NC(=O)c2ccc(F)cc2)ccc1S(=O)(=O)Cl. The molecule has 0 heterocycles. The van der Waals surface area contributed by atoms with E-state index in [4.69, 9.17) is 10.7 Å². The quantitative estimate of drug-likeness (QED) is 0.0655. The third-order valence-corrected chi connectivity index (χ3v) is 13.7. The number of nitrogens with one attached hydrogen (secondary N) is 2. The number of amides is 2. The van der Waals surface area contributed by atoms with E-state index in [1.165, 1.54) is 65.1 Å². The van der Waals surface area contributed by atoms with Gasteiger partial charge in [0.2, 0.25) is 0 Å². The van der Waals surface area contributed by atoms with Crippen LogP contribution in [-0.4, -0.2) is 38.1 Å². The fourth-order valence-electron chi connectivity index (χ4n) is 7.46. The maximum atomic E-state index is 13.4. The monoisotopic (exact) mass is 956 g/mol. The lowest BCUT2D eigenvalue weighted by Crippen LogP contribution is -2.43. The molecule has 0 radical (unpaired) electrons. The lowest BCUT2D eigenvalue weighted by molar-refractivity contribution is -0.120. The minimum Gasteiger partial charge on any atom is -0.349 e. The average molecular weight is 958 g/mol. The van der Waals surface area contributed by atoms with E-state index < -0.39 is 32.6 Å². The second-order valence-corrected chi connectivity index (χ2v) is 19.7. The van der Waals surface area contributed by atoms with Crippen molar-refractivity contribution in [3.05, 3.63) is 238 Å². The molecule has 0 unspecified atom stereocenters. The Morgan fingerprint density at radius 2 is 1.06 bits per heavy atom. The first-order chi connectivity index (χ1) is 32.2. The van der Waals surface area contributed by atoms with Crippen molar-refractivity contribution in [2.45, 2.75) is 73.6 Å². The van der Waals surface area contributed by atoms with Gasteiger partial charge in [-0.25, -0.2) is 17.2 Å². The summed E-state index contributed by atoms with van der Waals surface area (Å²) in [6.07, 6.45) is 2.53. The van der Waals surface area contributed by atoms with E-state index in [2.05, 4.69) is 35.8 Å². The van der Waals surface area contributed by atoms with Crippen molar-refractivity contribution in [3.8, 4) is 0 Å². The van der Waals surface area contributed by atoms with Gasteiger partial charge in [0, 0.05) is 44.9 Å². The molecule has 2 amide bonds. The molecule has 12 heteroatoms. The molecule has 0 bridgehead atoms. The Morgan fingerprint density at radius 1 is 0.567 bits per heavy atom. The fraction of sp³-hybridized carbons (Fsp3) is 0.182. The minimum absolute atomic E-state index is 0.0709. The van der Waals surface area contributed by atoms with Crippen LogP contribution in [0.2, 0.25) is 0 Å². The largest absolute Gasteiger partial charge is 0.349 e. The zero-order valence-electron chi connectivity index (χ0n) is 37.1. The van der Waals surface area contributed by atoms with Crippen LogP contribution in [0.15, 0.2) is 186 Å². The molecule has 7 aromatic rings. The lowest BCUT2D eigenvalue weighted by Gasteiger charge is -2.19. The third-order valence-electron chi connectivity index (χ3n) is 11.0. The number of carbonyl (C=O) groups is 3. The van der Waals surface area contributed by atoms with Gasteiger partial charge in [0.05, 0.1) is 10.9 Å². The summed E-state index contributed by atoms with van der Waals surface area (Å²) in [4.78, 5) is 40.1. The second kappa shape index (κ2) is 24.4. The molecule has 0 fully saturated rings. The molecule has 0 saturated carbocycles. The van der Waals surface area contributed by atoms with E-state index in [1.54, 1.807) is 30.8 Å². The molecule has 344 valence electrons. The van der Waals surface area contributed by atoms with Crippen molar-refractivity contribution in [1.82, 2.24) is 10.6 Å². The molecule has 67 heavy (non-hydrogen) atoms. The molecule has 7 nitrogen and oxygen atoms in total. The maximum absolute atomic E-state index is 13.4. The predicted octanol–water partition coefficient (Wildman–Crippen LogP) is 11.6. The van der Waals surface area contributed by atoms with Crippen LogP contribution in [0.3, 0.4) is 0 Å². The highest BCUT2D eigenvalue weighted by Gasteiger charge is 2.23. The van der Waals surface area contributed by atoms with Gasteiger partial charge in [0.25, 0.3) is 20.9 Å². The van der Waals surface area contributed by atoms with Crippen LogP contribution in [0.4, 0.5) is 8.78 Å². The zero-order chi connectivity index (χ0) is 47.8. The Labute approximate surface area is 400 Å². The van der Waals surface area contributed by atoms with Crippen molar-refractivity contribution in [1.29, 1.82) is 0 Å². The highest BCUT2D eigenvalue weighted by atomic mass is 35.7. The van der Waals surface area contributed by atoms with E-state index >= 15 is 0 Å². The molecule has 0 aliphatic heterocycles. The first-order valence-electron chi connectivity index (χ1n) is 21.7. The van der Waals surface area contributed by atoms with Gasteiger partial charge in [0.15, 0.2) is 5.78 Å². The van der Waals surface area contributed by atoms with Crippen LogP contribution in [-0.2, 0) is 45.3 Å². The van der Waals surface area contributed by atoms with Gasteiger partial charge in [-0.3, -0.25) is 14.4 Å². The van der Waals surface area contributed by atoms with Crippen LogP contribution in [0, 0.1) is 25.5 Å². The first kappa shape index (κ1) is 50.0. The fourth-order valence-corrected chi connectivity index (χ4v) is 9.62. The number of hydrogen-bond acceptors (Lipinski definition) is 6. The van der Waals surface area contributed by atoms with Crippen LogP contribution in [0.1, 0.15) is 66.1 Å². The van der Waals surface area contributed by atoms with Gasteiger partial charge < -0.3 is 10.6 Å². The van der Waals surface area contributed by atoms with Crippen molar-refractivity contribution in [2.24, 2.45) is 0 Å². The molecular weight excluding hydrogens is 906 g/mol. The Kier molecular flexibility index (Phi) is 18.2. The third kappa shape index (κ3) is 15.9. The molecular formula is C55H51ClF2N2O5S2. The Hall–Kier alpha value is -6.40. The number of halogens is 3. The second-order valence-electron chi connectivity index (χ2n) is 16.2. The highest BCUT2D eigenvalue weighted by molar-refractivity contribution is 8.13. The molecule has 0 saturated heterocycles. The van der Waals surface area contributed by atoms with Gasteiger partial charge in [-0.1, -0.05) is 115 Å². The van der Waals surface area contributed by atoms with Gasteiger partial charge in [-0.05, 0) is 139 Å². The number of benzene rings is 7. The first-order valence-corrected chi connectivity index (χ1v) is 25.0. The van der Waals surface area contributed by atoms with Crippen LogP contribution < -0.4 is 10.6 Å². The molecule has 0 aromatic heterocycles. The summed E-state index contributed by atoms with van der Waals surface area (Å²) in [5, 5.41) is 5.91. The van der Waals surface area contributed by atoms with Crippen molar-refractivity contribution >= 4 is 49.1 Å². The Balaban J connectivity index is 0.000000224. The Bertz CT molecular complexity index is 2850. The molecule has 7 aromatic carbocycles. The van der Waals surface area contributed by atoms with Gasteiger partial charge in [-0.2, -0.15) is 0 Å². The van der Waals surface area contributed by atoms with Crippen molar-refractivity contribution in [3.63, 3.8) is 0 Å². The summed E-state index contributed by atoms with van der Waals surface area (Å²) in [6.45, 7) is 3.76. The summed E-state index contributed by atoms with van der Waals surface area (Å²) in [5.74, 6) is -0.652. The number of hydrogen-bond donors (Lipinski definition) is 2. The molecule has 7 rings (SSSR count). The molecule has 2 N–H and O–H groups in total. The molecule has 0 spiro atoms. The van der Waals surface area contributed by atoms with Crippen molar-refractivity contribution in [2.75, 3.05) is 0 Å². The van der Waals surface area contributed by atoms with Crippen LogP contribution in [0.25, 0.3) is 0 Å². The number of Topliss-reactive ketones (excluding diaryl/α,β-unsaturated/α-hetero) is 1. The van der Waals surface area contributed by atoms with Gasteiger partial charge >= 0.3 is 0 Å². The van der Waals surface area contributed by atoms with E-state index in [1.807, 2.05) is 91.0 Å². The normalized spacial score (nSPS) is 12.0. The topological polar surface area (TPSA) is 109 Å². The molecule has 0 aliphatic carbocycles. The summed E-state index contributed by atoms with van der Waals surface area (Å²) < 4.78 is 49.7. The zero-order valence-corrected chi connectivity index (χ0v) is 39.5. The summed E-state index contributed by atoms with van der Waals surface area (Å²) in [7, 11) is 1.68. The van der Waals surface area contributed by atoms with E-state index in [0.717, 1.165) is 33.6 Å². The minimum atomic E-state index is -3.78. The smallest absolute Gasteiger partial charge is 0.261 e. The number of ketones is 1. The van der Waals surface area contributed by atoms with Gasteiger partial charge in [0.1, 0.15) is 11.6 Å². The van der Waals surface area contributed by atoms with Crippen LogP contribution >= 0.6 is 22.4 Å². The van der Waals surface area contributed by atoms with Crippen LogP contribution in [0.5, 0.6) is 0 Å². The van der Waals surface area contributed by atoms with E-state index in [-0.39, 0.29) is 29.0 Å². The Morgan fingerprint density at radius 3 is 1.58 bits per heavy atom. The molecule has 0 aliphatic rings. The summed E-state index contributed by atoms with van der Waals surface area (Å²) in [5.41, 5.74) is 7.60. The summed E-state index contributed by atoms with van der Waals surface area (Å²) >= 11 is 1.77. The number of aryl methyl sites for hydroxylation is 3. The maximum Gasteiger partial charge on any atom is 0.261 e. The van der Waals surface area contributed by atoms with E-state index in [0.29, 0.717) is 42.4 Å². The highest BCUT2D eigenvalue weighted by Crippen LogP contribution is 2.27. The number of carbonyl (C=O) groups excluding carboxylic acids is 3. The standard InChI is InChI=1S/C31H28FNO2S.C24H23ClFNO3S/c1-22-18-25(12-17-30(22)36-21-24-10-6-3-7-11-24)20-29(34)28(19-23-8-4-2-5-9-23)33-31(35)26-13-15-27(32)16-14-26;1-17-15-19(8-14-23(17)31(25,29)30)7-13-22(16-18-5-3-2-4-6-18)27-24(28)20-9-11-21(26)12-10-20/h2-18,28H,19-21H2,1H3,(H,33,35);2-6,8-12,14-15,22H,7,13,16H2,1H3,(H,27,28)/t28-;22-/m01/s1. The van der Waals surface area contributed by atoms with Crippen molar-refractivity contribution < 1.29 is 31.6 Å². The number of rotatable bonds is 18.